The Hall–Kier alpha value is -1.78. The third kappa shape index (κ3) is 2.97. The molecule has 2 aromatic rings. The fraction of sp³-hybridized carbons (Fsp3) is 0. The van der Waals surface area contributed by atoms with E-state index < -0.39 is 11.7 Å². The van der Waals surface area contributed by atoms with Crippen LogP contribution in [-0.4, -0.2) is 5.91 Å². The fourth-order valence-electron chi connectivity index (χ4n) is 1.51. The Morgan fingerprint density at radius 1 is 1.21 bits per heavy atom. The normalized spacial score (nSPS) is 10.3. The minimum Gasteiger partial charge on any atom is -0.397 e. The van der Waals surface area contributed by atoms with E-state index in [1.807, 2.05) is 0 Å². The van der Waals surface area contributed by atoms with Gasteiger partial charge in [-0.05, 0) is 30.3 Å². The molecule has 3 nitrogen and oxygen atoms in total. The summed E-state index contributed by atoms with van der Waals surface area (Å²) in [5, 5.41) is 2.89. The zero-order valence-corrected chi connectivity index (χ0v) is 11.1. The number of nitrogen functional groups attached to an aromatic ring is 1. The van der Waals surface area contributed by atoms with Crippen LogP contribution in [0.4, 0.5) is 15.8 Å². The number of nitrogens with two attached hydrogens (primary N) is 1. The average molecular weight is 299 g/mol. The second-order valence-corrected chi connectivity index (χ2v) is 4.57. The molecular formula is C13H9Cl2FN2O. The van der Waals surface area contributed by atoms with Gasteiger partial charge in [-0.1, -0.05) is 29.3 Å². The maximum Gasteiger partial charge on any atom is 0.257 e. The smallest absolute Gasteiger partial charge is 0.257 e. The third-order valence-corrected chi connectivity index (χ3v) is 3.28. The van der Waals surface area contributed by atoms with Crippen LogP contribution in [0, 0.1) is 5.82 Å². The SMILES string of the molecule is Nc1ccc(F)cc1NC(=O)c1cccc(Cl)c1Cl. The number of benzene rings is 2. The van der Waals surface area contributed by atoms with Crippen LogP contribution in [0.15, 0.2) is 36.4 Å². The number of anilines is 2. The molecule has 0 aromatic heterocycles. The van der Waals surface area contributed by atoms with Crippen molar-refractivity contribution in [3.05, 3.63) is 57.8 Å². The highest BCUT2D eigenvalue weighted by Gasteiger charge is 2.14. The zero-order chi connectivity index (χ0) is 14.0. The van der Waals surface area contributed by atoms with E-state index in [0.29, 0.717) is 0 Å². The summed E-state index contributed by atoms with van der Waals surface area (Å²) >= 11 is 11.7. The lowest BCUT2D eigenvalue weighted by molar-refractivity contribution is 0.102. The molecule has 0 radical (unpaired) electrons. The van der Waals surface area contributed by atoms with Crippen molar-refractivity contribution in [2.45, 2.75) is 0 Å². The first-order valence-electron chi connectivity index (χ1n) is 5.29. The van der Waals surface area contributed by atoms with Gasteiger partial charge >= 0.3 is 0 Å². The second kappa shape index (κ2) is 5.47. The van der Waals surface area contributed by atoms with Crippen molar-refractivity contribution in [1.82, 2.24) is 0 Å². The topological polar surface area (TPSA) is 55.1 Å². The third-order valence-electron chi connectivity index (χ3n) is 2.46. The van der Waals surface area contributed by atoms with Gasteiger partial charge in [0.1, 0.15) is 5.82 Å². The predicted molar refractivity (Wildman–Crippen MR) is 75.2 cm³/mol. The van der Waals surface area contributed by atoms with Crippen molar-refractivity contribution >= 4 is 40.5 Å². The van der Waals surface area contributed by atoms with Gasteiger partial charge in [-0.15, -0.1) is 0 Å². The van der Waals surface area contributed by atoms with Crippen LogP contribution in [0.2, 0.25) is 10.0 Å². The van der Waals surface area contributed by atoms with Gasteiger partial charge in [-0.25, -0.2) is 4.39 Å². The number of rotatable bonds is 2. The van der Waals surface area contributed by atoms with Crippen LogP contribution in [0.5, 0.6) is 0 Å². The fourth-order valence-corrected chi connectivity index (χ4v) is 1.89. The van der Waals surface area contributed by atoms with E-state index in [1.165, 1.54) is 18.2 Å². The van der Waals surface area contributed by atoms with Crippen LogP contribution in [0.1, 0.15) is 10.4 Å². The number of carbonyl (C=O) groups excluding carboxylic acids is 1. The highest BCUT2D eigenvalue weighted by molar-refractivity contribution is 6.44. The number of carbonyl (C=O) groups is 1. The summed E-state index contributed by atoms with van der Waals surface area (Å²) in [6.07, 6.45) is 0. The molecule has 6 heteroatoms. The van der Waals surface area contributed by atoms with Crippen LogP contribution in [0.3, 0.4) is 0 Å². The Balaban J connectivity index is 2.31. The van der Waals surface area contributed by atoms with Gasteiger partial charge in [0.15, 0.2) is 0 Å². The summed E-state index contributed by atoms with van der Waals surface area (Å²) in [5.41, 5.74) is 6.27. The largest absolute Gasteiger partial charge is 0.397 e. The standard InChI is InChI=1S/C13H9Cl2FN2O/c14-9-3-1-2-8(12(9)15)13(19)18-11-6-7(16)4-5-10(11)17/h1-6H,17H2,(H,18,19). The molecule has 1 amide bonds. The summed E-state index contributed by atoms with van der Waals surface area (Å²) in [7, 11) is 0. The van der Waals surface area contributed by atoms with Gasteiger partial charge in [0.25, 0.3) is 5.91 Å². The van der Waals surface area contributed by atoms with Crippen LogP contribution in [0.25, 0.3) is 0 Å². The highest BCUT2D eigenvalue weighted by atomic mass is 35.5. The summed E-state index contributed by atoms with van der Waals surface area (Å²) in [4.78, 5) is 12.0. The van der Waals surface area contributed by atoms with Gasteiger partial charge in [-0.3, -0.25) is 4.79 Å². The van der Waals surface area contributed by atoms with E-state index in [0.717, 1.165) is 6.07 Å². The molecular weight excluding hydrogens is 290 g/mol. The molecule has 0 bridgehead atoms. The summed E-state index contributed by atoms with van der Waals surface area (Å²) in [5.74, 6) is -1.01. The van der Waals surface area contributed by atoms with Gasteiger partial charge < -0.3 is 11.1 Å². The van der Waals surface area contributed by atoms with Crippen molar-refractivity contribution in [1.29, 1.82) is 0 Å². The lowest BCUT2D eigenvalue weighted by atomic mass is 10.2. The minimum absolute atomic E-state index is 0.136. The monoisotopic (exact) mass is 298 g/mol. The molecule has 0 saturated heterocycles. The Morgan fingerprint density at radius 3 is 2.68 bits per heavy atom. The molecule has 0 aliphatic carbocycles. The molecule has 3 N–H and O–H groups in total. The number of nitrogens with one attached hydrogen (secondary N) is 1. The van der Waals surface area contributed by atoms with Crippen molar-refractivity contribution in [3.8, 4) is 0 Å². The number of halogens is 3. The first-order chi connectivity index (χ1) is 8.99. The predicted octanol–water partition coefficient (Wildman–Crippen LogP) is 3.97. The maximum absolute atomic E-state index is 13.1. The van der Waals surface area contributed by atoms with E-state index >= 15 is 0 Å². The maximum atomic E-state index is 13.1. The minimum atomic E-state index is -0.509. The van der Waals surface area contributed by atoms with Crippen molar-refractivity contribution < 1.29 is 9.18 Å². The first-order valence-corrected chi connectivity index (χ1v) is 6.05. The lowest BCUT2D eigenvalue weighted by Gasteiger charge is -2.09. The van der Waals surface area contributed by atoms with Crippen LogP contribution < -0.4 is 11.1 Å². The number of hydrogen-bond donors (Lipinski definition) is 2. The summed E-state index contributed by atoms with van der Waals surface area (Å²) in [6.45, 7) is 0. The van der Waals surface area contributed by atoms with Gasteiger partial charge in [0, 0.05) is 0 Å². The van der Waals surface area contributed by atoms with Crippen molar-refractivity contribution in [2.75, 3.05) is 11.1 Å². The van der Waals surface area contributed by atoms with Crippen LogP contribution >= 0.6 is 23.2 Å². The molecule has 0 fully saturated rings. The zero-order valence-electron chi connectivity index (χ0n) is 9.58. The van der Waals surface area contributed by atoms with Gasteiger partial charge in [0.2, 0.25) is 0 Å². The van der Waals surface area contributed by atoms with Gasteiger partial charge in [-0.2, -0.15) is 0 Å². The van der Waals surface area contributed by atoms with Crippen molar-refractivity contribution in [3.63, 3.8) is 0 Å². The average Bonchev–Trinajstić information content (AvgIpc) is 2.37. The van der Waals surface area contributed by atoms with E-state index in [-0.39, 0.29) is 27.0 Å². The molecule has 98 valence electrons. The Kier molecular flexibility index (Phi) is 3.93. The second-order valence-electron chi connectivity index (χ2n) is 3.79. The molecule has 0 aliphatic rings. The highest BCUT2D eigenvalue weighted by Crippen LogP contribution is 2.27. The van der Waals surface area contributed by atoms with E-state index in [1.54, 1.807) is 12.1 Å². The van der Waals surface area contributed by atoms with E-state index in [2.05, 4.69) is 5.32 Å². The number of amides is 1. The van der Waals surface area contributed by atoms with E-state index in [4.69, 9.17) is 28.9 Å². The molecule has 19 heavy (non-hydrogen) atoms. The van der Waals surface area contributed by atoms with E-state index in [9.17, 15) is 9.18 Å². The Labute approximate surface area is 119 Å². The first kappa shape index (κ1) is 13.6. The molecule has 0 heterocycles. The molecule has 0 saturated carbocycles. The Morgan fingerprint density at radius 2 is 1.95 bits per heavy atom. The van der Waals surface area contributed by atoms with Crippen LogP contribution in [-0.2, 0) is 0 Å². The quantitative estimate of drug-likeness (QED) is 0.824. The number of hydrogen-bond acceptors (Lipinski definition) is 2. The molecule has 0 aliphatic heterocycles. The molecule has 0 unspecified atom stereocenters. The molecule has 2 aromatic carbocycles. The summed E-state index contributed by atoms with van der Waals surface area (Å²) in [6, 6.07) is 8.38. The lowest BCUT2D eigenvalue weighted by Crippen LogP contribution is -2.14. The summed E-state index contributed by atoms with van der Waals surface area (Å²) < 4.78 is 13.1. The molecule has 2 rings (SSSR count). The van der Waals surface area contributed by atoms with Crippen molar-refractivity contribution in [2.24, 2.45) is 0 Å². The Bertz CT molecular complexity index is 647. The molecule has 0 atom stereocenters. The van der Waals surface area contributed by atoms with Gasteiger partial charge in [0.05, 0.1) is 27.0 Å². The molecule has 0 spiro atoms.